The molecule has 3 aromatic carbocycles. The largest absolute Gasteiger partial charge is 0.326 e. The predicted molar refractivity (Wildman–Crippen MR) is 125 cm³/mol. The fourth-order valence-corrected chi connectivity index (χ4v) is 5.20. The van der Waals surface area contributed by atoms with Crippen molar-refractivity contribution in [3.05, 3.63) is 101 Å². The van der Waals surface area contributed by atoms with Crippen LogP contribution in [0, 0.1) is 0 Å². The van der Waals surface area contributed by atoms with Crippen LogP contribution < -0.4 is 5.32 Å². The molecule has 6 nitrogen and oxygen atoms in total. The van der Waals surface area contributed by atoms with Crippen molar-refractivity contribution in [3.8, 4) is 0 Å². The lowest BCUT2D eigenvalue weighted by molar-refractivity contribution is -0.131. The van der Waals surface area contributed by atoms with Crippen molar-refractivity contribution < 1.29 is 9.59 Å². The minimum Gasteiger partial charge on any atom is -0.315 e. The van der Waals surface area contributed by atoms with Gasteiger partial charge in [-0.1, -0.05) is 72.8 Å². The molecule has 1 aliphatic heterocycles. The molecule has 1 fully saturated rings. The number of amides is 3. The average Bonchev–Trinajstić information content (AvgIpc) is 3.34. The Kier molecular flexibility index (Phi) is 5.20. The highest BCUT2D eigenvalue weighted by atomic mass is 32.1. The Morgan fingerprint density at radius 2 is 1.50 bits per heavy atom. The van der Waals surface area contributed by atoms with E-state index in [-0.39, 0.29) is 12.6 Å². The van der Waals surface area contributed by atoms with Gasteiger partial charge in [-0.05, 0) is 30.3 Å². The number of nitrogens with zero attached hydrogens (tertiary/aromatic N) is 3. The molecule has 0 unspecified atom stereocenters. The maximum absolute atomic E-state index is 13.8. The molecule has 2 heterocycles. The minimum absolute atomic E-state index is 0.169. The predicted octanol–water partition coefficient (Wildman–Crippen LogP) is 4.18. The molecule has 1 N–H and O–H groups in total. The van der Waals surface area contributed by atoms with Gasteiger partial charge in [0, 0.05) is 0 Å². The van der Waals surface area contributed by atoms with E-state index in [9.17, 15) is 9.59 Å². The number of aromatic nitrogens is 1. The smallest absolute Gasteiger partial charge is 0.315 e. The third-order valence-corrected chi connectivity index (χ3v) is 6.67. The first kappa shape index (κ1) is 20.4. The van der Waals surface area contributed by atoms with Crippen molar-refractivity contribution in [1.29, 1.82) is 0 Å². The number of benzene rings is 3. The number of thiazole rings is 1. The Labute approximate surface area is 190 Å². The lowest BCUT2D eigenvalue weighted by Crippen LogP contribution is -2.46. The molecule has 5 rings (SSSR count). The van der Waals surface area contributed by atoms with Crippen LogP contribution >= 0.6 is 11.3 Å². The number of carbonyl (C=O) groups excluding carboxylic acids is 2. The fraction of sp³-hybridized carbons (Fsp3) is 0.160. The molecular formula is C25H22N4O2S. The molecule has 0 aliphatic carbocycles. The van der Waals surface area contributed by atoms with Gasteiger partial charge in [0.1, 0.15) is 5.01 Å². The summed E-state index contributed by atoms with van der Waals surface area (Å²) in [5.41, 5.74) is 1.20. The third kappa shape index (κ3) is 3.45. The van der Waals surface area contributed by atoms with Gasteiger partial charge in [-0.15, -0.1) is 11.3 Å². The quantitative estimate of drug-likeness (QED) is 0.455. The second-order valence-electron chi connectivity index (χ2n) is 7.88. The van der Waals surface area contributed by atoms with Crippen molar-refractivity contribution in [2.75, 3.05) is 13.7 Å². The number of hydrogen-bond donors (Lipinski definition) is 1. The van der Waals surface area contributed by atoms with Gasteiger partial charge in [0.15, 0.2) is 5.54 Å². The summed E-state index contributed by atoms with van der Waals surface area (Å²) in [5, 5.41) is 3.93. The highest BCUT2D eigenvalue weighted by molar-refractivity contribution is 7.18. The normalized spacial score (nSPS) is 15.5. The van der Waals surface area contributed by atoms with Gasteiger partial charge in [-0.25, -0.2) is 14.7 Å². The van der Waals surface area contributed by atoms with Crippen molar-refractivity contribution >= 4 is 33.5 Å². The SMILES string of the molecule is CN(Cc1nc2ccccc2s1)CN1C(=O)NC(c2ccccc2)(c2ccccc2)C1=O. The first-order valence-electron chi connectivity index (χ1n) is 10.4. The van der Waals surface area contributed by atoms with E-state index in [0.717, 1.165) is 26.4 Å². The van der Waals surface area contributed by atoms with E-state index in [2.05, 4.69) is 10.3 Å². The number of urea groups is 1. The molecule has 1 aliphatic rings. The Hall–Kier alpha value is -3.55. The number of para-hydroxylation sites is 1. The van der Waals surface area contributed by atoms with Crippen LogP contribution in [0.1, 0.15) is 16.1 Å². The number of nitrogens with one attached hydrogen (secondary N) is 1. The number of imide groups is 1. The first-order valence-corrected chi connectivity index (χ1v) is 11.2. The summed E-state index contributed by atoms with van der Waals surface area (Å²) in [5.74, 6) is -0.281. The van der Waals surface area contributed by atoms with Crippen LogP contribution in [0.4, 0.5) is 4.79 Å². The molecule has 7 heteroatoms. The van der Waals surface area contributed by atoms with Crippen LogP contribution in [0.2, 0.25) is 0 Å². The summed E-state index contributed by atoms with van der Waals surface area (Å²) in [7, 11) is 1.89. The molecule has 1 aromatic heterocycles. The van der Waals surface area contributed by atoms with Crippen LogP contribution in [0.3, 0.4) is 0 Å². The summed E-state index contributed by atoms with van der Waals surface area (Å²) in [4.78, 5) is 34.7. The van der Waals surface area contributed by atoms with Gasteiger partial charge in [0.05, 0.1) is 23.4 Å². The van der Waals surface area contributed by atoms with Crippen molar-refractivity contribution in [3.63, 3.8) is 0 Å². The molecule has 0 atom stereocenters. The summed E-state index contributed by atoms with van der Waals surface area (Å²) in [6, 6.07) is 26.4. The van der Waals surface area contributed by atoms with Gasteiger partial charge >= 0.3 is 6.03 Å². The molecule has 160 valence electrons. The van der Waals surface area contributed by atoms with Gasteiger partial charge in [-0.2, -0.15) is 0 Å². The molecule has 0 radical (unpaired) electrons. The van der Waals surface area contributed by atoms with E-state index in [1.165, 1.54) is 4.90 Å². The Bertz CT molecular complexity index is 1200. The Morgan fingerprint density at radius 1 is 0.906 bits per heavy atom. The van der Waals surface area contributed by atoms with Crippen LogP contribution in [-0.4, -0.2) is 40.4 Å². The summed E-state index contributed by atoms with van der Waals surface area (Å²) in [6.07, 6.45) is 0. The molecule has 0 saturated carbocycles. The standard InChI is InChI=1S/C25H22N4O2S/c1-28(16-22-26-20-14-8-9-15-21(20)32-22)17-29-23(30)25(27-24(29)31,18-10-4-2-5-11-18)19-12-6-3-7-13-19/h2-15H,16-17H2,1H3,(H,27,31). The van der Waals surface area contributed by atoms with Crippen molar-refractivity contribution in [2.45, 2.75) is 12.1 Å². The molecule has 0 bridgehead atoms. The summed E-state index contributed by atoms with van der Waals surface area (Å²) >= 11 is 1.62. The first-order chi connectivity index (χ1) is 15.6. The molecule has 3 amide bonds. The van der Waals surface area contributed by atoms with E-state index in [4.69, 9.17) is 0 Å². The minimum atomic E-state index is -1.24. The zero-order valence-corrected chi connectivity index (χ0v) is 18.4. The molecule has 4 aromatic rings. The number of rotatable bonds is 6. The molecule has 0 spiro atoms. The van der Waals surface area contributed by atoms with Gasteiger partial charge in [0.25, 0.3) is 5.91 Å². The number of carbonyl (C=O) groups is 2. The van der Waals surface area contributed by atoms with Gasteiger partial charge in [-0.3, -0.25) is 9.69 Å². The lowest BCUT2D eigenvalue weighted by atomic mass is 9.83. The molecule has 1 saturated heterocycles. The highest BCUT2D eigenvalue weighted by Crippen LogP contribution is 2.36. The fourth-order valence-electron chi connectivity index (χ4n) is 4.15. The Morgan fingerprint density at radius 3 is 2.12 bits per heavy atom. The van der Waals surface area contributed by atoms with E-state index < -0.39 is 11.6 Å². The van der Waals surface area contributed by atoms with E-state index >= 15 is 0 Å². The topological polar surface area (TPSA) is 65.5 Å². The second-order valence-corrected chi connectivity index (χ2v) is 8.99. The average molecular weight is 443 g/mol. The highest BCUT2D eigenvalue weighted by Gasteiger charge is 2.53. The third-order valence-electron chi connectivity index (χ3n) is 5.65. The van der Waals surface area contributed by atoms with Crippen LogP contribution in [0.15, 0.2) is 84.9 Å². The van der Waals surface area contributed by atoms with E-state index in [1.54, 1.807) is 11.3 Å². The zero-order chi connectivity index (χ0) is 22.1. The van der Waals surface area contributed by atoms with Crippen LogP contribution in [0.5, 0.6) is 0 Å². The maximum Gasteiger partial charge on any atom is 0.326 e. The number of fused-ring (bicyclic) bond motifs is 1. The van der Waals surface area contributed by atoms with Crippen molar-refractivity contribution in [2.24, 2.45) is 0 Å². The lowest BCUT2D eigenvalue weighted by Gasteiger charge is -2.28. The van der Waals surface area contributed by atoms with E-state index in [1.807, 2.05) is 96.9 Å². The number of hydrogen-bond acceptors (Lipinski definition) is 5. The summed E-state index contributed by atoms with van der Waals surface area (Å²) < 4.78 is 1.12. The van der Waals surface area contributed by atoms with Crippen molar-refractivity contribution in [1.82, 2.24) is 20.1 Å². The maximum atomic E-state index is 13.8. The molecule has 32 heavy (non-hydrogen) atoms. The van der Waals surface area contributed by atoms with Gasteiger partial charge in [0.2, 0.25) is 0 Å². The zero-order valence-electron chi connectivity index (χ0n) is 17.6. The van der Waals surface area contributed by atoms with Crippen LogP contribution in [-0.2, 0) is 16.9 Å². The van der Waals surface area contributed by atoms with E-state index in [0.29, 0.717) is 6.54 Å². The monoisotopic (exact) mass is 442 g/mol. The second kappa shape index (κ2) is 8.18. The summed E-state index contributed by atoms with van der Waals surface area (Å²) in [6.45, 7) is 0.710. The van der Waals surface area contributed by atoms with Crippen LogP contribution in [0.25, 0.3) is 10.2 Å². The Balaban J connectivity index is 1.42. The molecular weight excluding hydrogens is 420 g/mol. The van der Waals surface area contributed by atoms with Gasteiger partial charge < -0.3 is 5.32 Å².